The zero-order valence-corrected chi connectivity index (χ0v) is 14.0. The van der Waals surface area contributed by atoms with E-state index in [1.165, 1.54) is 0 Å². The molecular formula is C19H24N4O. The second kappa shape index (κ2) is 7.81. The summed E-state index contributed by atoms with van der Waals surface area (Å²) < 4.78 is 2.17. The van der Waals surface area contributed by atoms with Gasteiger partial charge in [0, 0.05) is 25.4 Å². The number of aromatic amines is 1. The van der Waals surface area contributed by atoms with Crippen LogP contribution in [0.5, 0.6) is 0 Å². The summed E-state index contributed by atoms with van der Waals surface area (Å²) in [5.74, 6) is 0.890. The Morgan fingerprint density at radius 3 is 2.75 bits per heavy atom. The minimum Gasteiger partial charge on any atom is -0.354 e. The minimum atomic E-state index is -0.107. The summed E-state index contributed by atoms with van der Waals surface area (Å²) in [5.41, 5.74) is 1.93. The minimum absolute atomic E-state index is 0.0870. The Labute approximate surface area is 142 Å². The van der Waals surface area contributed by atoms with Gasteiger partial charge in [0.2, 0.25) is 5.91 Å². The number of imidazole rings is 1. The molecule has 0 aliphatic rings. The van der Waals surface area contributed by atoms with Crippen LogP contribution in [0.2, 0.25) is 0 Å². The van der Waals surface area contributed by atoms with Crippen LogP contribution in [0.4, 0.5) is 0 Å². The highest BCUT2D eigenvalue weighted by molar-refractivity contribution is 5.77. The SMILES string of the molecule is C[C@H](NC(=O)CCCCCn1cccc1)c1nc2ccccc2[nH]1. The number of hydrogen-bond donors (Lipinski definition) is 2. The molecule has 2 N–H and O–H groups in total. The molecular weight excluding hydrogens is 300 g/mol. The molecule has 3 aromatic rings. The molecule has 1 atom stereocenters. The first kappa shape index (κ1) is 16.3. The van der Waals surface area contributed by atoms with E-state index < -0.39 is 0 Å². The van der Waals surface area contributed by atoms with E-state index in [0.717, 1.165) is 42.7 Å². The molecule has 0 saturated heterocycles. The molecule has 24 heavy (non-hydrogen) atoms. The van der Waals surface area contributed by atoms with Crippen LogP contribution in [-0.2, 0) is 11.3 Å². The van der Waals surface area contributed by atoms with Gasteiger partial charge in [0.25, 0.3) is 0 Å². The van der Waals surface area contributed by atoms with E-state index in [2.05, 4.69) is 32.2 Å². The Morgan fingerprint density at radius 1 is 1.17 bits per heavy atom. The molecule has 126 valence electrons. The first-order chi connectivity index (χ1) is 11.7. The molecule has 0 radical (unpaired) electrons. The van der Waals surface area contributed by atoms with Gasteiger partial charge in [-0.05, 0) is 44.0 Å². The maximum Gasteiger partial charge on any atom is 0.220 e. The fourth-order valence-electron chi connectivity index (χ4n) is 2.84. The van der Waals surface area contributed by atoms with Crippen LogP contribution in [0.1, 0.15) is 44.5 Å². The largest absolute Gasteiger partial charge is 0.354 e. The fraction of sp³-hybridized carbons (Fsp3) is 0.368. The third-order valence-electron chi connectivity index (χ3n) is 4.18. The van der Waals surface area contributed by atoms with Crippen molar-refractivity contribution in [1.82, 2.24) is 19.9 Å². The number of aryl methyl sites for hydroxylation is 1. The molecule has 1 amide bonds. The van der Waals surface area contributed by atoms with Gasteiger partial charge < -0.3 is 14.9 Å². The molecule has 0 unspecified atom stereocenters. The predicted octanol–water partition coefficient (Wildman–Crippen LogP) is 3.80. The number of para-hydroxylation sites is 2. The van der Waals surface area contributed by atoms with Gasteiger partial charge in [0.05, 0.1) is 17.1 Å². The summed E-state index contributed by atoms with van der Waals surface area (Å²) in [6.07, 6.45) is 7.78. The normalized spacial score (nSPS) is 12.4. The Hall–Kier alpha value is -2.56. The number of amides is 1. The lowest BCUT2D eigenvalue weighted by atomic mass is 10.2. The van der Waals surface area contributed by atoms with Crippen molar-refractivity contribution >= 4 is 16.9 Å². The van der Waals surface area contributed by atoms with E-state index >= 15 is 0 Å². The second-order valence-corrected chi connectivity index (χ2v) is 6.16. The van der Waals surface area contributed by atoms with Gasteiger partial charge in [-0.15, -0.1) is 0 Å². The summed E-state index contributed by atoms with van der Waals surface area (Å²) in [4.78, 5) is 19.9. The highest BCUT2D eigenvalue weighted by Gasteiger charge is 2.13. The highest BCUT2D eigenvalue weighted by atomic mass is 16.1. The van der Waals surface area contributed by atoms with Crippen molar-refractivity contribution in [3.05, 3.63) is 54.6 Å². The van der Waals surface area contributed by atoms with Crippen molar-refractivity contribution in [3.8, 4) is 0 Å². The maximum absolute atomic E-state index is 12.1. The monoisotopic (exact) mass is 324 g/mol. The number of aromatic nitrogens is 3. The molecule has 5 heteroatoms. The van der Waals surface area contributed by atoms with Crippen LogP contribution < -0.4 is 5.32 Å². The first-order valence-electron chi connectivity index (χ1n) is 8.57. The molecule has 2 aromatic heterocycles. The summed E-state index contributed by atoms with van der Waals surface area (Å²) in [5, 5.41) is 3.02. The average molecular weight is 324 g/mol. The molecule has 0 aliphatic carbocycles. The molecule has 2 heterocycles. The van der Waals surface area contributed by atoms with Crippen LogP contribution in [0.15, 0.2) is 48.8 Å². The van der Waals surface area contributed by atoms with E-state index in [-0.39, 0.29) is 11.9 Å². The van der Waals surface area contributed by atoms with Crippen LogP contribution >= 0.6 is 0 Å². The smallest absolute Gasteiger partial charge is 0.220 e. The molecule has 0 fully saturated rings. The lowest BCUT2D eigenvalue weighted by Crippen LogP contribution is -2.27. The van der Waals surface area contributed by atoms with Gasteiger partial charge in [0.1, 0.15) is 5.82 Å². The number of carbonyl (C=O) groups excluding carboxylic acids is 1. The first-order valence-corrected chi connectivity index (χ1v) is 8.57. The van der Waals surface area contributed by atoms with Crippen LogP contribution in [0.3, 0.4) is 0 Å². The fourth-order valence-corrected chi connectivity index (χ4v) is 2.84. The quantitative estimate of drug-likeness (QED) is 0.619. The van der Waals surface area contributed by atoms with Gasteiger partial charge in [-0.3, -0.25) is 4.79 Å². The average Bonchev–Trinajstić information content (AvgIpc) is 3.23. The Bertz CT molecular complexity index is 743. The highest BCUT2D eigenvalue weighted by Crippen LogP contribution is 2.15. The van der Waals surface area contributed by atoms with Crippen molar-refractivity contribution in [3.63, 3.8) is 0 Å². The van der Waals surface area contributed by atoms with E-state index in [1.54, 1.807) is 0 Å². The summed E-state index contributed by atoms with van der Waals surface area (Å²) in [6, 6.07) is 11.9. The van der Waals surface area contributed by atoms with E-state index in [1.807, 2.05) is 43.3 Å². The lowest BCUT2D eigenvalue weighted by molar-refractivity contribution is -0.121. The summed E-state index contributed by atoms with van der Waals surface area (Å²) >= 11 is 0. The molecule has 0 spiro atoms. The number of benzene rings is 1. The third kappa shape index (κ3) is 4.25. The van der Waals surface area contributed by atoms with E-state index in [4.69, 9.17) is 0 Å². The number of rotatable bonds is 8. The van der Waals surface area contributed by atoms with Gasteiger partial charge in [-0.25, -0.2) is 4.98 Å². The van der Waals surface area contributed by atoms with Gasteiger partial charge in [-0.2, -0.15) is 0 Å². The molecule has 3 rings (SSSR count). The van der Waals surface area contributed by atoms with E-state index in [0.29, 0.717) is 6.42 Å². The van der Waals surface area contributed by atoms with Crippen LogP contribution in [0.25, 0.3) is 11.0 Å². The number of H-pyrrole nitrogens is 1. The lowest BCUT2D eigenvalue weighted by Gasteiger charge is -2.11. The molecule has 0 aliphatic heterocycles. The van der Waals surface area contributed by atoms with Crippen molar-refractivity contribution in [1.29, 1.82) is 0 Å². The Balaban J connectivity index is 1.39. The van der Waals surface area contributed by atoms with Crippen molar-refractivity contribution in [2.75, 3.05) is 0 Å². The molecule has 1 aromatic carbocycles. The Kier molecular flexibility index (Phi) is 5.31. The number of fused-ring (bicyclic) bond motifs is 1. The number of carbonyl (C=O) groups is 1. The van der Waals surface area contributed by atoms with E-state index in [9.17, 15) is 4.79 Å². The van der Waals surface area contributed by atoms with Gasteiger partial charge >= 0.3 is 0 Å². The Morgan fingerprint density at radius 2 is 1.96 bits per heavy atom. The third-order valence-corrected chi connectivity index (χ3v) is 4.18. The van der Waals surface area contributed by atoms with Crippen LogP contribution in [-0.4, -0.2) is 20.4 Å². The number of hydrogen-bond acceptors (Lipinski definition) is 2. The van der Waals surface area contributed by atoms with Gasteiger partial charge in [0.15, 0.2) is 0 Å². The molecule has 0 saturated carbocycles. The predicted molar refractivity (Wildman–Crippen MR) is 95.6 cm³/mol. The zero-order chi connectivity index (χ0) is 16.8. The standard InChI is InChI=1S/C19H24N4O/c1-15(19-21-16-9-4-5-10-17(16)22-19)20-18(24)11-3-2-6-12-23-13-7-8-14-23/h4-5,7-10,13-15H,2-3,6,11-12H2,1H3,(H,20,24)(H,21,22)/t15-/m0/s1. The second-order valence-electron chi connectivity index (χ2n) is 6.16. The maximum atomic E-state index is 12.1. The molecule has 5 nitrogen and oxygen atoms in total. The van der Waals surface area contributed by atoms with Crippen molar-refractivity contribution in [2.45, 2.75) is 45.2 Å². The van der Waals surface area contributed by atoms with Crippen LogP contribution in [0, 0.1) is 0 Å². The van der Waals surface area contributed by atoms with Gasteiger partial charge in [-0.1, -0.05) is 18.6 Å². The number of nitrogens with one attached hydrogen (secondary N) is 2. The van der Waals surface area contributed by atoms with Crippen molar-refractivity contribution in [2.24, 2.45) is 0 Å². The summed E-state index contributed by atoms with van der Waals surface area (Å²) in [6.45, 7) is 2.98. The zero-order valence-electron chi connectivity index (χ0n) is 14.0. The molecule has 0 bridgehead atoms. The number of unbranched alkanes of at least 4 members (excludes halogenated alkanes) is 2. The topological polar surface area (TPSA) is 62.7 Å². The van der Waals surface area contributed by atoms with Crippen molar-refractivity contribution < 1.29 is 4.79 Å². The number of nitrogens with zero attached hydrogens (tertiary/aromatic N) is 2. The summed E-state index contributed by atoms with van der Waals surface area (Å²) in [7, 11) is 0.